The summed E-state index contributed by atoms with van der Waals surface area (Å²) in [7, 11) is 0. The van der Waals surface area contributed by atoms with Crippen molar-refractivity contribution in [2.45, 2.75) is 57.3 Å². The van der Waals surface area contributed by atoms with Crippen LogP contribution in [-0.2, 0) is 17.9 Å². The van der Waals surface area contributed by atoms with Crippen LogP contribution in [0.4, 0.5) is 0 Å². The minimum Gasteiger partial charge on any atom is -0.463 e. The first kappa shape index (κ1) is 21.1. The molecule has 5 rings (SSSR count). The second kappa shape index (κ2) is 8.28. The van der Waals surface area contributed by atoms with Crippen molar-refractivity contribution in [3.8, 4) is 11.5 Å². The number of aromatic nitrogens is 1. The third-order valence-electron chi connectivity index (χ3n) is 6.69. The molecule has 2 amide bonds. The number of halogens is 1. The van der Waals surface area contributed by atoms with Crippen LogP contribution in [0, 0.1) is 0 Å². The van der Waals surface area contributed by atoms with Crippen molar-refractivity contribution in [2.75, 3.05) is 0 Å². The topological polar surface area (TPSA) is 67.5 Å². The molecule has 3 heterocycles. The summed E-state index contributed by atoms with van der Waals surface area (Å²) >= 11 is 3.51. The molecule has 1 aliphatic carbocycles. The highest BCUT2D eigenvalue weighted by Crippen LogP contribution is 2.35. The van der Waals surface area contributed by atoms with E-state index in [9.17, 15) is 9.59 Å². The SMILES string of the molecule is C[C@]1(C(=O)NC2CCCC2)Cn2c(ccc2-c2ccco2)C(=O)N1Cc1cccc(Br)c1. The Labute approximate surface area is 195 Å². The molecule has 1 atom stereocenters. The van der Waals surface area contributed by atoms with Crippen LogP contribution < -0.4 is 5.32 Å². The van der Waals surface area contributed by atoms with Crippen LogP contribution in [0.25, 0.3) is 11.5 Å². The molecule has 2 aromatic heterocycles. The Morgan fingerprint density at radius 1 is 1.16 bits per heavy atom. The van der Waals surface area contributed by atoms with Crippen LogP contribution >= 0.6 is 15.9 Å². The highest BCUT2D eigenvalue weighted by molar-refractivity contribution is 9.10. The molecule has 1 N–H and O–H groups in total. The minimum absolute atomic E-state index is 0.0995. The maximum absolute atomic E-state index is 13.7. The number of carbonyl (C=O) groups excluding carboxylic acids is 2. The van der Waals surface area contributed by atoms with E-state index in [-0.39, 0.29) is 17.9 Å². The van der Waals surface area contributed by atoms with Crippen LogP contribution in [0.2, 0.25) is 0 Å². The van der Waals surface area contributed by atoms with Gasteiger partial charge in [-0.25, -0.2) is 0 Å². The third-order valence-corrected chi connectivity index (χ3v) is 7.18. The molecule has 0 radical (unpaired) electrons. The van der Waals surface area contributed by atoms with Crippen LogP contribution in [0.15, 0.2) is 63.7 Å². The predicted octanol–water partition coefficient (Wildman–Crippen LogP) is 4.98. The monoisotopic (exact) mass is 495 g/mol. The largest absolute Gasteiger partial charge is 0.463 e. The first-order valence-electron chi connectivity index (χ1n) is 11.1. The van der Waals surface area contributed by atoms with Crippen LogP contribution in [0.1, 0.15) is 48.7 Å². The van der Waals surface area contributed by atoms with Crippen LogP contribution in [0.3, 0.4) is 0 Å². The molecule has 1 saturated carbocycles. The summed E-state index contributed by atoms with van der Waals surface area (Å²) < 4.78 is 8.47. The van der Waals surface area contributed by atoms with E-state index in [2.05, 4.69) is 21.2 Å². The molecule has 3 aromatic rings. The van der Waals surface area contributed by atoms with E-state index < -0.39 is 5.54 Å². The summed E-state index contributed by atoms with van der Waals surface area (Å²) in [5.41, 5.74) is 1.31. The van der Waals surface area contributed by atoms with Gasteiger partial charge in [0, 0.05) is 17.1 Å². The van der Waals surface area contributed by atoms with Gasteiger partial charge in [0.2, 0.25) is 5.91 Å². The number of rotatable bonds is 5. The molecule has 0 spiro atoms. The van der Waals surface area contributed by atoms with Gasteiger partial charge >= 0.3 is 0 Å². The number of benzene rings is 1. The Hall–Kier alpha value is -2.80. The summed E-state index contributed by atoms with van der Waals surface area (Å²) in [6.07, 6.45) is 5.87. The van der Waals surface area contributed by atoms with Crippen LogP contribution in [0.5, 0.6) is 0 Å². The van der Waals surface area contributed by atoms with Crippen molar-refractivity contribution >= 4 is 27.7 Å². The average molecular weight is 496 g/mol. The van der Waals surface area contributed by atoms with Gasteiger partial charge in [0.1, 0.15) is 17.0 Å². The first-order chi connectivity index (χ1) is 15.5. The number of furan rings is 1. The fourth-order valence-electron chi connectivity index (χ4n) is 4.89. The summed E-state index contributed by atoms with van der Waals surface area (Å²) in [6, 6.07) is 15.5. The minimum atomic E-state index is -1.03. The molecule has 6 nitrogen and oxygen atoms in total. The van der Waals surface area contributed by atoms with E-state index in [0.29, 0.717) is 24.5 Å². The van der Waals surface area contributed by atoms with Crippen molar-refractivity contribution in [1.82, 2.24) is 14.8 Å². The Balaban J connectivity index is 1.55. The lowest BCUT2D eigenvalue weighted by atomic mass is 9.93. The van der Waals surface area contributed by atoms with Crippen molar-refractivity contribution < 1.29 is 14.0 Å². The Kier molecular flexibility index (Phi) is 5.45. The number of fused-ring (bicyclic) bond motifs is 1. The number of nitrogens with zero attached hydrogens (tertiary/aromatic N) is 2. The van der Waals surface area contributed by atoms with E-state index in [0.717, 1.165) is 41.4 Å². The molecule has 1 aliphatic heterocycles. The third kappa shape index (κ3) is 3.68. The lowest BCUT2D eigenvalue weighted by molar-refractivity contribution is -0.133. The maximum Gasteiger partial charge on any atom is 0.271 e. The predicted molar refractivity (Wildman–Crippen MR) is 125 cm³/mol. The number of hydrogen-bond donors (Lipinski definition) is 1. The maximum atomic E-state index is 13.7. The van der Waals surface area contributed by atoms with E-state index in [1.165, 1.54) is 0 Å². The second-order valence-corrected chi connectivity index (χ2v) is 9.83. The van der Waals surface area contributed by atoms with Crippen molar-refractivity contribution in [3.63, 3.8) is 0 Å². The zero-order chi connectivity index (χ0) is 22.3. The van der Waals surface area contributed by atoms with E-state index in [1.54, 1.807) is 11.2 Å². The summed E-state index contributed by atoms with van der Waals surface area (Å²) in [5.74, 6) is 0.429. The smallest absolute Gasteiger partial charge is 0.271 e. The van der Waals surface area contributed by atoms with Gasteiger partial charge in [-0.15, -0.1) is 0 Å². The summed E-state index contributed by atoms with van der Waals surface area (Å²) in [6.45, 7) is 2.60. The van der Waals surface area contributed by atoms with Crippen molar-refractivity contribution in [1.29, 1.82) is 0 Å². The average Bonchev–Trinajstić information content (AvgIpc) is 3.52. The lowest BCUT2D eigenvalue weighted by Crippen LogP contribution is -2.64. The van der Waals surface area contributed by atoms with E-state index in [4.69, 9.17) is 4.42 Å². The van der Waals surface area contributed by atoms with Gasteiger partial charge in [-0.3, -0.25) is 9.59 Å². The molecule has 166 valence electrons. The van der Waals surface area contributed by atoms with Crippen molar-refractivity contribution in [2.24, 2.45) is 0 Å². The van der Waals surface area contributed by atoms with Gasteiger partial charge in [0.15, 0.2) is 0 Å². The Morgan fingerprint density at radius 2 is 1.94 bits per heavy atom. The number of amides is 2. The standard InChI is InChI=1S/C25H26BrN3O3/c1-25(24(31)27-19-8-2-3-9-19)16-28-20(22-10-5-13-32-22)11-12-21(28)23(30)29(25)15-17-6-4-7-18(26)14-17/h4-7,10-14,19H,2-3,8-9,15-16H2,1H3,(H,27,31)/t25-/m1/s1. The molecule has 0 unspecified atom stereocenters. The Morgan fingerprint density at radius 3 is 2.66 bits per heavy atom. The number of hydrogen-bond acceptors (Lipinski definition) is 3. The molecule has 2 aliphatic rings. The molecule has 7 heteroatoms. The zero-order valence-electron chi connectivity index (χ0n) is 18.0. The highest BCUT2D eigenvalue weighted by atomic mass is 79.9. The van der Waals surface area contributed by atoms with Crippen LogP contribution in [-0.4, -0.2) is 32.9 Å². The molecular formula is C25H26BrN3O3. The summed E-state index contributed by atoms with van der Waals surface area (Å²) in [4.78, 5) is 29.1. The fraction of sp³-hybridized carbons (Fsp3) is 0.360. The molecule has 0 saturated heterocycles. The number of nitrogens with one attached hydrogen (secondary N) is 1. The molecule has 1 aromatic carbocycles. The lowest BCUT2D eigenvalue weighted by Gasteiger charge is -2.44. The van der Waals surface area contributed by atoms with Gasteiger partial charge in [0.25, 0.3) is 5.91 Å². The first-order valence-corrected chi connectivity index (χ1v) is 11.9. The number of carbonyl (C=O) groups is 2. The van der Waals surface area contributed by atoms with E-state index >= 15 is 0 Å². The van der Waals surface area contributed by atoms with E-state index in [1.807, 2.05) is 60.0 Å². The molecule has 0 bridgehead atoms. The second-order valence-electron chi connectivity index (χ2n) is 8.92. The highest BCUT2D eigenvalue weighted by Gasteiger charge is 2.48. The van der Waals surface area contributed by atoms with Gasteiger partial charge < -0.3 is 19.2 Å². The van der Waals surface area contributed by atoms with Gasteiger partial charge in [-0.05, 0) is 61.7 Å². The fourth-order valence-corrected chi connectivity index (χ4v) is 5.34. The molecular weight excluding hydrogens is 470 g/mol. The van der Waals surface area contributed by atoms with Gasteiger partial charge in [-0.2, -0.15) is 0 Å². The van der Waals surface area contributed by atoms with Crippen molar-refractivity contribution in [3.05, 3.63) is 70.5 Å². The zero-order valence-corrected chi connectivity index (χ0v) is 19.6. The van der Waals surface area contributed by atoms with Gasteiger partial charge in [-0.1, -0.05) is 40.9 Å². The Bertz CT molecular complexity index is 1150. The van der Waals surface area contributed by atoms with Gasteiger partial charge in [0.05, 0.1) is 18.5 Å². The normalized spacial score (nSPS) is 21.1. The molecule has 32 heavy (non-hydrogen) atoms. The quantitative estimate of drug-likeness (QED) is 0.542. The molecule has 1 fully saturated rings. The summed E-state index contributed by atoms with van der Waals surface area (Å²) in [5, 5.41) is 3.24.